The molecule has 0 unspecified atom stereocenters. The summed E-state index contributed by atoms with van der Waals surface area (Å²) in [5.41, 5.74) is 1.77. The molecule has 1 heterocycles. The zero-order chi connectivity index (χ0) is 17.9. The number of rotatable bonds is 6. The zero-order valence-corrected chi connectivity index (χ0v) is 14.9. The second-order valence-corrected chi connectivity index (χ2v) is 7.80. The maximum atomic E-state index is 12.0. The highest BCUT2D eigenvalue weighted by atomic mass is 32.2. The van der Waals surface area contributed by atoms with Crippen molar-refractivity contribution < 1.29 is 13.2 Å². The molecule has 2 aromatic carbocycles. The molecule has 0 aliphatic heterocycles. The molecule has 0 atom stereocenters. The summed E-state index contributed by atoms with van der Waals surface area (Å²) in [6.45, 7) is 2.21. The first-order valence-electron chi connectivity index (χ1n) is 7.88. The van der Waals surface area contributed by atoms with Gasteiger partial charge >= 0.3 is 0 Å². The lowest BCUT2D eigenvalue weighted by Gasteiger charge is -2.08. The van der Waals surface area contributed by atoms with Gasteiger partial charge in [0.2, 0.25) is 5.95 Å². The quantitative estimate of drug-likeness (QED) is 0.730. The number of anilines is 1. The molecule has 0 radical (unpaired) electrons. The summed E-state index contributed by atoms with van der Waals surface area (Å²) in [5, 5.41) is 3.86. The maximum Gasteiger partial charge on any atom is 0.223 e. The summed E-state index contributed by atoms with van der Waals surface area (Å²) >= 11 is 0. The lowest BCUT2D eigenvalue weighted by atomic mass is 10.2. The average molecular weight is 357 g/mol. The van der Waals surface area contributed by atoms with Crippen molar-refractivity contribution >= 4 is 26.7 Å². The van der Waals surface area contributed by atoms with Gasteiger partial charge in [0.05, 0.1) is 23.3 Å². The highest BCUT2D eigenvalue weighted by molar-refractivity contribution is 7.91. The maximum absolute atomic E-state index is 12.0. The molecule has 0 fully saturated rings. The van der Waals surface area contributed by atoms with Crippen molar-refractivity contribution in [1.82, 2.24) is 9.97 Å². The van der Waals surface area contributed by atoms with E-state index in [0.29, 0.717) is 28.3 Å². The number of ether oxygens (including phenoxy) is 1. The highest BCUT2D eigenvalue weighted by Crippen LogP contribution is 2.19. The monoisotopic (exact) mass is 357 g/mol. The number of hydrogen-bond acceptors (Lipinski definition) is 6. The van der Waals surface area contributed by atoms with Gasteiger partial charge in [-0.05, 0) is 35.9 Å². The lowest BCUT2D eigenvalue weighted by molar-refractivity contribution is 0.414. The van der Waals surface area contributed by atoms with E-state index in [0.717, 1.165) is 11.3 Å². The fourth-order valence-corrected chi connectivity index (χ4v) is 3.30. The summed E-state index contributed by atoms with van der Waals surface area (Å²) in [6, 6.07) is 12.6. The minimum atomic E-state index is -3.23. The summed E-state index contributed by atoms with van der Waals surface area (Å²) < 4.78 is 29.0. The van der Waals surface area contributed by atoms with Crippen LogP contribution in [0, 0.1) is 0 Å². The van der Waals surface area contributed by atoms with E-state index in [-0.39, 0.29) is 5.75 Å². The third-order valence-electron chi connectivity index (χ3n) is 3.90. The van der Waals surface area contributed by atoms with Crippen molar-refractivity contribution in [3.05, 3.63) is 54.2 Å². The van der Waals surface area contributed by atoms with E-state index < -0.39 is 9.84 Å². The predicted octanol–water partition coefficient (Wildman–Crippen LogP) is 3.04. The summed E-state index contributed by atoms with van der Waals surface area (Å²) in [5.74, 6) is 1.37. The molecule has 0 spiro atoms. The van der Waals surface area contributed by atoms with E-state index in [2.05, 4.69) is 15.3 Å². The minimum absolute atomic E-state index is 0.0703. The van der Waals surface area contributed by atoms with E-state index in [1.807, 2.05) is 24.3 Å². The largest absolute Gasteiger partial charge is 0.497 e. The first-order valence-corrected chi connectivity index (χ1v) is 9.53. The fourth-order valence-electron chi connectivity index (χ4n) is 2.38. The van der Waals surface area contributed by atoms with E-state index in [4.69, 9.17) is 4.74 Å². The summed E-state index contributed by atoms with van der Waals surface area (Å²) in [7, 11) is -1.60. The molecule has 130 valence electrons. The van der Waals surface area contributed by atoms with Crippen LogP contribution in [0.2, 0.25) is 0 Å². The first kappa shape index (κ1) is 17.2. The van der Waals surface area contributed by atoms with Gasteiger partial charge < -0.3 is 10.1 Å². The summed E-state index contributed by atoms with van der Waals surface area (Å²) in [6.07, 6.45) is 1.63. The fraction of sp³-hybridized carbons (Fsp3) is 0.222. The molecule has 0 saturated heterocycles. The van der Waals surface area contributed by atoms with Crippen LogP contribution in [0.25, 0.3) is 10.9 Å². The number of methoxy groups -OCH3 is 1. The molecule has 6 nitrogen and oxygen atoms in total. The summed E-state index contributed by atoms with van der Waals surface area (Å²) in [4.78, 5) is 8.99. The SMILES string of the molecule is CCS(=O)(=O)c1ccc2nc(NCc3ccc(OC)cc3)ncc2c1. The number of fused-ring (bicyclic) bond motifs is 1. The van der Waals surface area contributed by atoms with Crippen LogP contribution < -0.4 is 10.1 Å². The second kappa shape index (κ2) is 7.06. The van der Waals surface area contributed by atoms with E-state index in [9.17, 15) is 8.42 Å². The Kier molecular flexibility index (Phi) is 4.85. The molecule has 7 heteroatoms. The Morgan fingerprint density at radius 1 is 1.12 bits per heavy atom. The van der Waals surface area contributed by atoms with Gasteiger partial charge in [0, 0.05) is 18.1 Å². The van der Waals surface area contributed by atoms with Gasteiger partial charge in [-0.15, -0.1) is 0 Å². The van der Waals surface area contributed by atoms with E-state index in [1.165, 1.54) is 0 Å². The van der Waals surface area contributed by atoms with Crippen LogP contribution in [0.1, 0.15) is 12.5 Å². The predicted molar refractivity (Wildman–Crippen MR) is 97.6 cm³/mol. The molecule has 0 amide bonds. The average Bonchev–Trinajstić information content (AvgIpc) is 2.66. The number of nitrogens with zero attached hydrogens (tertiary/aromatic N) is 2. The molecule has 0 aliphatic rings. The Balaban J connectivity index is 1.78. The van der Waals surface area contributed by atoms with Crippen LogP contribution in [0.3, 0.4) is 0 Å². The van der Waals surface area contributed by atoms with Crippen molar-refractivity contribution in [3.8, 4) is 5.75 Å². The lowest BCUT2D eigenvalue weighted by Crippen LogP contribution is -2.05. The van der Waals surface area contributed by atoms with Crippen molar-refractivity contribution in [2.75, 3.05) is 18.2 Å². The van der Waals surface area contributed by atoms with Crippen LogP contribution in [0.4, 0.5) is 5.95 Å². The minimum Gasteiger partial charge on any atom is -0.497 e. The Bertz CT molecular complexity index is 986. The van der Waals surface area contributed by atoms with Gasteiger partial charge in [-0.2, -0.15) is 0 Å². The first-order chi connectivity index (χ1) is 12.0. The smallest absolute Gasteiger partial charge is 0.223 e. The standard InChI is InChI=1S/C18H19N3O3S/c1-3-25(22,23)16-8-9-17-14(10-16)12-20-18(21-17)19-11-13-4-6-15(24-2)7-5-13/h4-10,12H,3,11H2,1-2H3,(H,19,20,21). The molecule has 3 aromatic rings. The number of sulfone groups is 1. The molecule has 0 saturated carbocycles. The molecule has 1 N–H and O–H groups in total. The Morgan fingerprint density at radius 3 is 2.56 bits per heavy atom. The molecule has 1 aromatic heterocycles. The molecular formula is C18H19N3O3S. The third-order valence-corrected chi connectivity index (χ3v) is 5.63. The zero-order valence-electron chi connectivity index (χ0n) is 14.1. The second-order valence-electron chi connectivity index (χ2n) is 5.52. The third kappa shape index (κ3) is 3.88. The van der Waals surface area contributed by atoms with Gasteiger partial charge in [0.15, 0.2) is 9.84 Å². The Hall–Kier alpha value is -2.67. The van der Waals surface area contributed by atoms with Crippen LogP contribution in [0.5, 0.6) is 5.75 Å². The van der Waals surface area contributed by atoms with Crippen molar-refractivity contribution in [2.24, 2.45) is 0 Å². The van der Waals surface area contributed by atoms with Crippen molar-refractivity contribution in [1.29, 1.82) is 0 Å². The van der Waals surface area contributed by atoms with Crippen molar-refractivity contribution in [3.63, 3.8) is 0 Å². The molecule has 25 heavy (non-hydrogen) atoms. The van der Waals surface area contributed by atoms with Crippen molar-refractivity contribution in [2.45, 2.75) is 18.4 Å². The topological polar surface area (TPSA) is 81.2 Å². The molecular weight excluding hydrogens is 338 g/mol. The van der Waals surface area contributed by atoms with Crippen LogP contribution >= 0.6 is 0 Å². The van der Waals surface area contributed by atoms with E-state index >= 15 is 0 Å². The Labute approximate surface area is 146 Å². The molecule has 0 aliphatic carbocycles. The van der Waals surface area contributed by atoms with Crippen LogP contribution in [-0.2, 0) is 16.4 Å². The highest BCUT2D eigenvalue weighted by Gasteiger charge is 2.12. The normalized spacial score (nSPS) is 11.4. The number of aromatic nitrogens is 2. The van der Waals surface area contributed by atoms with Crippen LogP contribution in [0.15, 0.2) is 53.6 Å². The molecule has 0 bridgehead atoms. The number of benzene rings is 2. The van der Waals surface area contributed by atoms with Crippen LogP contribution in [-0.4, -0.2) is 31.2 Å². The van der Waals surface area contributed by atoms with E-state index in [1.54, 1.807) is 38.4 Å². The molecule has 3 rings (SSSR count). The number of nitrogens with one attached hydrogen (secondary N) is 1. The van der Waals surface area contributed by atoms with Gasteiger partial charge in [-0.3, -0.25) is 0 Å². The van der Waals surface area contributed by atoms with Gasteiger partial charge in [0.25, 0.3) is 0 Å². The van der Waals surface area contributed by atoms with Gasteiger partial charge in [-0.1, -0.05) is 19.1 Å². The van der Waals surface area contributed by atoms with Gasteiger partial charge in [0.1, 0.15) is 5.75 Å². The van der Waals surface area contributed by atoms with Gasteiger partial charge in [-0.25, -0.2) is 18.4 Å². The number of hydrogen-bond donors (Lipinski definition) is 1. The Morgan fingerprint density at radius 2 is 1.88 bits per heavy atom.